The van der Waals surface area contributed by atoms with Gasteiger partial charge in [0, 0.05) is 6.92 Å². The van der Waals surface area contributed by atoms with Crippen molar-refractivity contribution in [2.24, 2.45) is 0 Å². The van der Waals surface area contributed by atoms with Crippen molar-refractivity contribution in [1.82, 2.24) is 0 Å². The van der Waals surface area contributed by atoms with E-state index < -0.39 is 30.9 Å². The van der Waals surface area contributed by atoms with Gasteiger partial charge in [-0.1, -0.05) is 90.4 Å². The van der Waals surface area contributed by atoms with Gasteiger partial charge in [0.15, 0.2) is 9.84 Å². The number of hydrogen-bond donors (Lipinski definition) is 1. The van der Waals surface area contributed by atoms with Crippen molar-refractivity contribution in [3.63, 3.8) is 0 Å². The SMILES string of the molecule is CCCCCCCCCCCCCCCCS(=O)(=O)c1ccc(S(=O)(=O)F)cc1NC(C)=O. The molecule has 9 heteroatoms. The quantitative estimate of drug-likeness (QED) is 0.180. The molecule has 0 heterocycles. The topological polar surface area (TPSA) is 97.4 Å². The molecule has 0 aromatic heterocycles. The summed E-state index contributed by atoms with van der Waals surface area (Å²) in [6.45, 7) is 3.40. The molecular formula is C24H40FNO5S2. The summed E-state index contributed by atoms with van der Waals surface area (Å²) in [5.74, 6) is -0.685. The Morgan fingerprint density at radius 3 is 1.67 bits per heavy atom. The summed E-state index contributed by atoms with van der Waals surface area (Å²) in [5, 5.41) is 2.29. The van der Waals surface area contributed by atoms with Gasteiger partial charge in [-0.25, -0.2) is 8.42 Å². The number of amides is 1. The molecule has 0 radical (unpaired) electrons. The number of sulfone groups is 1. The zero-order chi connectivity index (χ0) is 24.7. The lowest BCUT2D eigenvalue weighted by molar-refractivity contribution is -0.114. The number of carbonyl (C=O) groups is 1. The predicted molar refractivity (Wildman–Crippen MR) is 131 cm³/mol. The van der Waals surface area contributed by atoms with Crippen molar-refractivity contribution >= 4 is 31.7 Å². The summed E-state index contributed by atoms with van der Waals surface area (Å²) >= 11 is 0. The minimum atomic E-state index is -5.01. The van der Waals surface area contributed by atoms with Crippen LogP contribution in [0.15, 0.2) is 28.0 Å². The third-order valence-corrected chi connectivity index (χ3v) is 8.31. The average Bonchev–Trinajstić information content (AvgIpc) is 2.72. The highest BCUT2D eigenvalue weighted by molar-refractivity contribution is 7.91. The number of anilines is 1. The lowest BCUT2D eigenvalue weighted by atomic mass is 10.0. The van der Waals surface area contributed by atoms with Crippen LogP contribution in [0, 0.1) is 0 Å². The first-order chi connectivity index (χ1) is 15.6. The van der Waals surface area contributed by atoms with Crippen LogP contribution in [0.4, 0.5) is 9.57 Å². The van der Waals surface area contributed by atoms with Gasteiger partial charge in [-0.2, -0.15) is 8.42 Å². The molecule has 0 unspecified atom stereocenters. The Kier molecular flexibility index (Phi) is 13.8. The Balaban J connectivity index is 2.36. The molecule has 1 rings (SSSR count). The van der Waals surface area contributed by atoms with Crippen molar-refractivity contribution in [2.45, 2.75) is 114 Å². The van der Waals surface area contributed by atoms with E-state index in [4.69, 9.17) is 0 Å². The highest BCUT2D eigenvalue weighted by Crippen LogP contribution is 2.27. The van der Waals surface area contributed by atoms with E-state index in [9.17, 15) is 25.5 Å². The Labute approximate surface area is 199 Å². The van der Waals surface area contributed by atoms with Gasteiger partial charge < -0.3 is 5.32 Å². The zero-order valence-electron chi connectivity index (χ0n) is 20.1. The van der Waals surface area contributed by atoms with Crippen LogP contribution in [0.5, 0.6) is 0 Å². The Morgan fingerprint density at radius 1 is 0.788 bits per heavy atom. The highest BCUT2D eigenvalue weighted by atomic mass is 32.3. The zero-order valence-corrected chi connectivity index (χ0v) is 21.7. The number of nitrogens with one attached hydrogen (secondary N) is 1. The number of benzene rings is 1. The van der Waals surface area contributed by atoms with Gasteiger partial charge in [-0.15, -0.1) is 3.89 Å². The van der Waals surface area contributed by atoms with Crippen LogP contribution in [-0.4, -0.2) is 28.5 Å². The minimum Gasteiger partial charge on any atom is -0.325 e. The van der Waals surface area contributed by atoms with Gasteiger partial charge in [-0.05, 0) is 24.6 Å². The molecule has 0 spiro atoms. The fourth-order valence-electron chi connectivity index (χ4n) is 3.82. The Bertz CT molecular complexity index is 930. The molecule has 190 valence electrons. The maximum absolute atomic E-state index is 13.3. The number of unbranched alkanes of at least 4 members (excludes halogenated alkanes) is 13. The first-order valence-electron chi connectivity index (χ1n) is 12.2. The Hall–Kier alpha value is -1.48. The molecule has 0 aliphatic heterocycles. The second kappa shape index (κ2) is 15.4. The van der Waals surface area contributed by atoms with E-state index in [-0.39, 0.29) is 16.3 Å². The van der Waals surface area contributed by atoms with Crippen molar-refractivity contribution in [3.05, 3.63) is 18.2 Å². The average molecular weight is 506 g/mol. The first-order valence-corrected chi connectivity index (χ1v) is 15.2. The summed E-state index contributed by atoms with van der Waals surface area (Å²) < 4.78 is 61.0. The lowest BCUT2D eigenvalue weighted by Crippen LogP contribution is -2.14. The van der Waals surface area contributed by atoms with E-state index >= 15 is 0 Å². The molecular weight excluding hydrogens is 465 g/mol. The third-order valence-electron chi connectivity index (χ3n) is 5.64. The molecule has 1 aromatic carbocycles. The third kappa shape index (κ3) is 12.5. The van der Waals surface area contributed by atoms with Crippen molar-refractivity contribution < 1.29 is 25.5 Å². The standard InChI is InChI=1S/C24H40FNO5S2/c1-3-4-5-6-7-8-9-10-11-12-13-14-15-16-19-32(28,29)24-18-17-22(33(25,30)31)20-23(24)26-21(2)27/h17-18,20H,3-16,19H2,1-2H3,(H,26,27). The normalized spacial score (nSPS) is 12.1. The Morgan fingerprint density at radius 2 is 1.24 bits per heavy atom. The summed E-state index contributed by atoms with van der Waals surface area (Å²) in [6, 6.07) is 2.78. The first kappa shape index (κ1) is 29.6. The van der Waals surface area contributed by atoms with E-state index in [1.807, 2.05) is 0 Å². The van der Waals surface area contributed by atoms with Gasteiger partial charge in [0.2, 0.25) is 5.91 Å². The lowest BCUT2D eigenvalue weighted by Gasteiger charge is -2.12. The number of halogens is 1. The molecule has 6 nitrogen and oxygen atoms in total. The molecule has 0 atom stereocenters. The molecule has 0 bridgehead atoms. The van der Waals surface area contributed by atoms with Crippen molar-refractivity contribution in [2.75, 3.05) is 11.1 Å². The van der Waals surface area contributed by atoms with Crippen LogP contribution in [0.1, 0.15) is 104 Å². The van der Waals surface area contributed by atoms with Crippen LogP contribution in [-0.2, 0) is 24.9 Å². The maximum atomic E-state index is 13.3. The van der Waals surface area contributed by atoms with Crippen LogP contribution < -0.4 is 5.32 Å². The van der Waals surface area contributed by atoms with E-state index in [2.05, 4.69) is 12.2 Å². The molecule has 1 N–H and O–H groups in total. The predicted octanol–water partition coefficient (Wildman–Crippen LogP) is 6.56. The van der Waals surface area contributed by atoms with Gasteiger partial charge in [0.25, 0.3) is 0 Å². The van der Waals surface area contributed by atoms with Crippen molar-refractivity contribution in [1.29, 1.82) is 0 Å². The maximum Gasteiger partial charge on any atom is 0.332 e. The fourth-order valence-corrected chi connectivity index (χ4v) is 5.83. The fraction of sp³-hybridized carbons (Fsp3) is 0.708. The number of hydrogen-bond acceptors (Lipinski definition) is 5. The van der Waals surface area contributed by atoms with Gasteiger partial charge in [0.05, 0.1) is 16.3 Å². The molecule has 0 aliphatic carbocycles. The van der Waals surface area contributed by atoms with E-state index in [0.29, 0.717) is 6.42 Å². The second-order valence-corrected chi connectivity index (χ2v) is 12.1. The molecule has 0 fully saturated rings. The molecule has 1 amide bonds. The van der Waals surface area contributed by atoms with E-state index in [0.717, 1.165) is 43.9 Å². The second-order valence-electron chi connectivity index (χ2n) is 8.69. The molecule has 0 saturated carbocycles. The van der Waals surface area contributed by atoms with Gasteiger partial charge in [0.1, 0.15) is 4.90 Å². The summed E-state index contributed by atoms with van der Waals surface area (Å²) in [6.07, 6.45) is 16.2. The van der Waals surface area contributed by atoms with Crippen molar-refractivity contribution in [3.8, 4) is 0 Å². The van der Waals surface area contributed by atoms with Crippen LogP contribution in [0.2, 0.25) is 0 Å². The minimum absolute atomic E-state index is 0.112. The summed E-state index contributed by atoms with van der Waals surface area (Å²) in [5.41, 5.74) is -0.216. The molecule has 33 heavy (non-hydrogen) atoms. The largest absolute Gasteiger partial charge is 0.332 e. The number of carbonyl (C=O) groups excluding carboxylic acids is 1. The van der Waals surface area contributed by atoms with E-state index in [1.165, 1.54) is 64.7 Å². The van der Waals surface area contributed by atoms with Crippen LogP contribution in [0.3, 0.4) is 0 Å². The highest BCUT2D eigenvalue weighted by Gasteiger charge is 2.22. The van der Waals surface area contributed by atoms with E-state index in [1.54, 1.807) is 0 Å². The number of rotatable bonds is 18. The monoisotopic (exact) mass is 505 g/mol. The molecule has 1 aromatic rings. The van der Waals surface area contributed by atoms with Gasteiger partial charge in [-0.3, -0.25) is 4.79 Å². The summed E-state index contributed by atoms with van der Waals surface area (Å²) in [4.78, 5) is 10.5. The molecule has 0 aliphatic rings. The smallest absolute Gasteiger partial charge is 0.325 e. The summed E-state index contributed by atoms with van der Waals surface area (Å²) in [7, 11) is -8.76. The van der Waals surface area contributed by atoms with Crippen LogP contribution in [0.25, 0.3) is 0 Å². The van der Waals surface area contributed by atoms with Crippen LogP contribution >= 0.6 is 0 Å². The molecule has 0 saturated heterocycles. The van der Waals surface area contributed by atoms with Gasteiger partial charge >= 0.3 is 10.2 Å².